The van der Waals surface area contributed by atoms with Gasteiger partial charge in [-0.05, 0) is 35.9 Å². The first-order valence-corrected chi connectivity index (χ1v) is 10.1. The quantitative estimate of drug-likeness (QED) is 0.651. The predicted molar refractivity (Wildman–Crippen MR) is 116 cm³/mol. The lowest BCUT2D eigenvalue weighted by atomic mass is 10.1. The monoisotopic (exact) mass is 404 g/mol. The van der Waals surface area contributed by atoms with Crippen LogP contribution in [0.25, 0.3) is 17.3 Å². The predicted octanol–water partition coefficient (Wildman–Crippen LogP) is 3.70. The molecule has 1 saturated heterocycles. The molecule has 6 heteroatoms. The molecule has 2 heterocycles. The van der Waals surface area contributed by atoms with Gasteiger partial charge in [-0.1, -0.05) is 42.5 Å². The Morgan fingerprint density at radius 2 is 1.73 bits per heavy atom. The van der Waals surface area contributed by atoms with Gasteiger partial charge in [0.25, 0.3) is 5.91 Å². The fourth-order valence-corrected chi connectivity index (χ4v) is 3.63. The molecule has 1 aliphatic heterocycles. The standard InChI is InChI=1S/C24H25FN4O/c1-27-23(18-22(26-27)20-9-11-21(25)12-10-20)24(30)29-16-14-28(15-17-29)13-5-8-19-6-3-2-4-7-19/h2-12,18H,13-17H2,1H3/b8-5+. The van der Waals surface area contributed by atoms with E-state index in [1.54, 1.807) is 29.9 Å². The Kier molecular flexibility index (Phi) is 6.05. The summed E-state index contributed by atoms with van der Waals surface area (Å²) in [6, 6.07) is 18.2. The van der Waals surface area contributed by atoms with Gasteiger partial charge in [0, 0.05) is 45.3 Å². The van der Waals surface area contributed by atoms with Gasteiger partial charge in [0.05, 0.1) is 5.69 Å². The van der Waals surface area contributed by atoms with Crippen LogP contribution < -0.4 is 0 Å². The second kappa shape index (κ2) is 9.05. The van der Waals surface area contributed by atoms with Crippen molar-refractivity contribution in [3.63, 3.8) is 0 Å². The average Bonchev–Trinajstić information content (AvgIpc) is 3.16. The van der Waals surface area contributed by atoms with E-state index < -0.39 is 0 Å². The van der Waals surface area contributed by atoms with Gasteiger partial charge in [-0.15, -0.1) is 0 Å². The van der Waals surface area contributed by atoms with Gasteiger partial charge in [0.1, 0.15) is 11.5 Å². The first kappa shape index (κ1) is 20.0. The Labute approximate surface area is 176 Å². The largest absolute Gasteiger partial charge is 0.335 e. The molecule has 2 aromatic carbocycles. The highest BCUT2D eigenvalue weighted by molar-refractivity contribution is 5.93. The highest BCUT2D eigenvalue weighted by Crippen LogP contribution is 2.20. The zero-order valence-corrected chi connectivity index (χ0v) is 17.0. The van der Waals surface area contributed by atoms with Crippen molar-refractivity contribution < 1.29 is 9.18 Å². The summed E-state index contributed by atoms with van der Waals surface area (Å²) in [7, 11) is 1.77. The van der Waals surface area contributed by atoms with Crippen molar-refractivity contribution in [3.8, 4) is 11.3 Å². The van der Waals surface area contributed by atoms with E-state index in [0.29, 0.717) is 24.5 Å². The second-order valence-electron chi connectivity index (χ2n) is 7.45. The fourth-order valence-electron chi connectivity index (χ4n) is 3.63. The van der Waals surface area contributed by atoms with Gasteiger partial charge >= 0.3 is 0 Å². The van der Waals surface area contributed by atoms with E-state index in [9.17, 15) is 9.18 Å². The number of nitrogens with zero attached hydrogens (tertiary/aromatic N) is 4. The summed E-state index contributed by atoms with van der Waals surface area (Å²) in [6.45, 7) is 3.93. The number of halogens is 1. The molecule has 0 radical (unpaired) electrons. The summed E-state index contributed by atoms with van der Waals surface area (Å²) in [6.07, 6.45) is 4.30. The van der Waals surface area contributed by atoms with Crippen molar-refractivity contribution in [1.82, 2.24) is 19.6 Å². The Morgan fingerprint density at radius 3 is 2.43 bits per heavy atom. The minimum Gasteiger partial charge on any atom is -0.335 e. The van der Waals surface area contributed by atoms with E-state index in [1.807, 2.05) is 23.1 Å². The summed E-state index contributed by atoms with van der Waals surface area (Å²) in [5.74, 6) is -0.305. The molecule has 1 aliphatic rings. The molecule has 30 heavy (non-hydrogen) atoms. The summed E-state index contributed by atoms with van der Waals surface area (Å²) in [5.41, 5.74) is 3.21. The van der Waals surface area contributed by atoms with Crippen LogP contribution in [0.2, 0.25) is 0 Å². The summed E-state index contributed by atoms with van der Waals surface area (Å²) >= 11 is 0. The van der Waals surface area contributed by atoms with Gasteiger partial charge in [-0.2, -0.15) is 5.10 Å². The fraction of sp³-hybridized carbons (Fsp3) is 0.250. The lowest BCUT2D eigenvalue weighted by molar-refractivity contribution is 0.0639. The molecule has 0 atom stereocenters. The van der Waals surface area contributed by atoms with Crippen molar-refractivity contribution in [2.45, 2.75) is 0 Å². The molecule has 1 amide bonds. The molecule has 0 N–H and O–H groups in total. The van der Waals surface area contributed by atoms with E-state index in [0.717, 1.165) is 25.2 Å². The van der Waals surface area contributed by atoms with E-state index in [2.05, 4.69) is 34.3 Å². The third-order valence-electron chi connectivity index (χ3n) is 5.37. The molecule has 0 unspecified atom stereocenters. The van der Waals surface area contributed by atoms with Crippen LogP contribution in [0, 0.1) is 5.82 Å². The van der Waals surface area contributed by atoms with Crippen molar-refractivity contribution >= 4 is 12.0 Å². The Balaban J connectivity index is 1.34. The molecule has 0 bridgehead atoms. The maximum atomic E-state index is 13.2. The number of hydrogen-bond acceptors (Lipinski definition) is 3. The zero-order valence-electron chi connectivity index (χ0n) is 17.0. The van der Waals surface area contributed by atoms with Crippen molar-refractivity contribution in [1.29, 1.82) is 0 Å². The number of carbonyl (C=O) groups is 1. The number of amides is 1. The number of benzene rings is 2. The molecule has 0 spiro atoms. The highest BCUT2D eigenvalue weighted by Gasteiger charge is 2.24. The molecule has 3 aromatic rings. The topological polar surface area (TPSA) is 41.4 Å². The molecule has 154 valence electrons. The molecule has 4 rings (SSSR count). The van der Waals surface area contributed by atoms with E-state index >= 15 is 0 Å². The molecule has 1 fully saturated rings. The van der Waals surface area contributed by atoms with Crippen molar-refractivity contribution in [2.24, 2.45) is 7.05 Å². The number of carbonyl (C=O) groups excluding carboxylic acids is 1. The number of aryl methyl sites for hydroxylation is 1. The van der Waals surface area contributed by atoms with Crippen LogP contribution in [-0.4, -0.2) is 58.2 Å². The van der Waals surface area contributed by atoms with Crippen LogP contribution in [0.3, 0.4) is 0 Å². The SMILES string of the molecule is Cn1nc(-c2ccc(F)cc2)cc1C(=O)N1CCN(C/C=C/c2ccccc2)CC1. The molecular formula is C24H25FN4O. The molecule has 1 aromatic heterocycles. The smallest absolute Gasteiger partial charge is 0.272 e. The lowest BCUT2D eigenvalue weighted by Crippen LogP contribution is -2.48. The third-order valence-corrected chi connectivity index (χ3v) is 5.37. The van der Waals surface area contributed by atoms with Crippen molar-refractivity contribution in [2.75, 3.05) is 32.7 Å². The second-order valence-corrected chi connectivity index (χ2v) is 7.45. The van der Waals surface area contributed by atoms with Gasteiger partial charge in [-0.3, -0.25) is 14.4 Å². The van der Waals surface area contributed by atoms with Gasteiger partial charge in [0.15, 0.2) is 0 Å². The maximum Gasteiger partial charge on any atom is 0.272 e. The molecule has 5 nitrogen and oxygen atoms in total. The Morgan fingerprint density at radius 1 is 1.03 bits per heavy atom. The van der Waals surface area contributed by atoms with E-state index in [1.165, 1.54) is 17.7 Å². The van der Waals surface area contributed by atoms with Gasteiger partial charge < -0.3 is 4.90 Å². The number of rotatable bonds is 5. The molecule has 0 saturated carbocycles. The minimum absolute atomic E-state index is 0.0159. The number of piperazine rings is 1. The van der Waals surface area contributed by atoms with Crippen LogP contribution in [0.4, 0.5) is 4.39 Å². The summed E-state index contributed by atoms with van der Waals surface area (Å²) < 4.78 is 14.8. The zero-order chi connectivity index (χ0) is 20.9. The first-order chi connectivity index (χ1) is 14.6. The van der Waals surface area contributed by atoms with Crippen LogP contribution in [-0.2, 0) is 7.05 Å². The first-order valence-electron chi connectivity index (χ1n) is 10.1. The van der Waals surface area contributed by atoms with Gasteiger partial charge in [-0.25, -0.2) is 4.39 Å². The molecular weight excluding hydrogens is 379 g/mol. The molecule has 0 aliphatic carbocycles. The number of hydrogen-bond donors (Lipinski definition) is 0. The van der Waals surface area contributed by atoms with E-state index in [4.69, 9.17) is 0 Å². The number of aromatic nitrogens is 2. The van der Waals surface area contributed by atoms with Crippen molar-refractivity contribution in [3.05, 3.63) is 83.8 Å². The normalized spacial score (nSPS) is 15.1. The van der Waals surface area contributed by atoms with Gasteiger partial charge in [0.2, 0.25) is 0 Å². The minimum atomic E-state index is -0.289. The maximum absolute atomic E-state index is 13.2. The van der Waals surface area contributed by atoms with Crippen LogP contribution >= 0.6 is 0 Å². The highest BCUT2D eigenvalue weighted by atomic mass is 19.1. The summed E-state index contributed by atoms with van der Waals surface area (Å²) in [5, 5.41) is 4.44. The lowest BCUT2D eigenvalue weighted by Gasteiger charge is -2.34. The third kappa shape index (κ3) is 4.66. The summed E-state index contributed by atoms with van der Waals surface area (Å²) in [4.78, 5) is 17.2. The van der Waals surface area contributed by atoms with Crippen LogP contribution in [0.1, 0.15) is 16.1 Å². The van der Waals surface area contributed by atoms with Crippen LogP contribution in [0.5, 0.6) is 0 Å². The van der Waals surface area contributed by atoms with E-state index in [-0.39, 0.29) is 11.7 Å². The Hall–Kier alpha value is -3.25. The average molecular weight is 404 g/mol. The van der Waals surface area contributed by atoms with Crippen LogP contribution in [0.15, 0.2) is 66.7 Å². The Bertz CT molecular complexity index is 1020.